The SMILES string of the molecule is O=C(c1cccc2c(O)cccc12)C12CCCCC1CCCC2. The average molecular weight is 308 g/mol. The Balaban J connectivity index is 1.84. The standard InChI is InChI=1S/C21H24O2/c22-19-12-6-9-16-17(19)10-5-11-18(16)20(23)21-13-3-1-7-15(21)8-2-4-14-21/h5-6,9-12,15,22H,1-4,7-8,13-14H2. The Bertz CT molecular complexity index is 735. The first kappa shape index (κ1) is 14.7. The summed E-state index contributed by atoms with van der Waals surface area (Å²) in [5.74, 6) is 1.15. The van der Waals surface area contributed by atoms with Crippen molar-refractivity contribution in [3.8, 4) is 5.75 Å². The minimum atomic E-state index is -0.143. The molecule has 0 saturated heterocycles. The predicted molar refractivity (Wildman–Crippen MR) is 92.8 cm³/mol. The van der Waals surface area contributed by atoms with Crippen molar-refractivity contribution in [1.82, 2.24) is 0 Å². The number of Topliss-reactive ketones (excluding diaryl/α,β-unsaturated/α-hetero) is 1. The van der Waals surface area contributed by atoms with E-state index in [0.717, 1.165) is 29.2 Å². The number of phenols is 1. The first-order valence-corrected chi connectivity index (χ1v) is 8.98. The van der Waals surface area contributed by atoms with E-state index in [1.807, 2.05) is 30.3 Å². The highest BCUT2D eigenvalue weighted by Crippen LogP contribution is 2.52. The summed E-state index contributed by atoms with van der Waals surface area (Å²) in [7, 11) is 0. The normalized spacial score (nSPS) is 27.6. The van der Waals surface area contributed by atoms with Crippen molar-refractivity contribution in [2.24, 2.45) is 11.3 Å². The van der Waals surface area contributed by atoms with Crippen molar-refractivity contribution in [1.29, 1.82) is 0 Å². The monoisotopic (exact) mass is 308 g/mol. The molecule has 0 aromatic heterocycles. The highest BCUT2D eigenvalue weighted by molar-refractivity contribution is 6.11. The number of hydrogen-bond acceptors (Lipinski definition) is 2. The van der Waals surface area contributed by atoms with Gasteiger partial charge in [0, 0.05) is 16.4 Å². The third-order valence-electron chi connectivity index (χ3n) is 6.23. The van der Waals surface area contributed by atoms with Gasteiger partial charge in [-0.15, -0.1) is 0 Å². The Kier molecular flexibility index (Phi) is 3.63. The molecule has 0 atom stereocenters. The Morgan fingerprint density at radius 2 is 1.57 bits per heavy atom. The molecule has 0 amide bonds. The summed E-state index contributed by atoms with van der Waals surface area (Å²) in [5, 5.41) is 11.8. The molecule has 2 aliphatic carbocycles. The van der Waals surface area contributed by atoms with E-state index < -0.39 is 0 Å². The molecule has 2 heteroatoms. The fourth-order valence-corrected chi connectivity index (χ4v) is 5.06. The first-order valence-electron chi connectivity index (χ1n) is 8.98. The average Bonchev–Trinajstić information content (AvgIpc) is 2.61. The molecule has 2 aromatic rings. The quantitative estimate of drug-likeness (QED) is 0.746. The molecule has 120 valence electrons. The molecule has 2 aliphatic rings. The molecule has 0 bridgehead atoms. The summed E-state index contributed by atoms with van der Waals surface area (Å²) in [6.45, 7) is 0. The van der Waals surface area contributed by atoms with Gasteiger partial charge in [0.25, 0.3) is 0 Å². The van der Waals surface area contributed by atoms with Gasteiger partial charge < -0.3 is 5.11 Å². The van der Waals surface area contributed by atoms with E-state index in [1.54, 1.807) is 6.07 Å². The summed E-state index contributed by atoms with van der Waals surface area (Å²) < 4.78 is 0. The summed E-state index contributed by atoms with van der Waals surface area (Å²) in [5.41, 5.74) is 0.670. The molecule has 1 N–H and O–H groups in total. The Labute approximate surface area is 137 Å². The maximum Gasteiger partial charge on any atom is 0.169 e. The fraction of sp³-hybridized carbons (Fsp3) is 0.476. The lowest BCUT2D eigenvalue weighted by molar-refractivity contribution is 0.0348. The Morgan fingerprint density at radius 3 is 2.30 bits per heavy atom. The zero-order valence-corrected chi connectivity index (χ0v) is 13.6. The van der Waals surface area contributed by atoms with Gasteiger partial charge in [0.1, 0.15) is 5.75 Å². The van der Waals surface area contributed by atoms with Crippen LogP contribution in [0.3, 0.4) is 0 Å². The van der Waals surface area contributed by atoms with Crippen LogP contribution in [0.1, 0.15) is 61.7 Å². The smallest absolute Gasteiger partial charge is 0.169 e. The molecular weight excluding hydrogens is 284 g/mol. The van der Waals surface area contributed by atoms with E-state index in [-0.39, 0.29) is 11.2 Å². The number of benzene rings is 2. The van der Waals surface area contributed by atoms with Gasteiger partial charge in [0.15, 0.2) is 5.78 Å². The number of aromatic hydroxyl groups is 1. The molecule has 2 fully saturated rings. The Hall–Kier alpha value is -1.83. The second-order valence-corrected chi connectivity index (χ2v) is 7.35. The van der Waals surface area contributed by atoms with Crippen LogP contribution in [0.15, 0.2) is 36.4 Å². The van der Waals surface area contributed by atoms with Crippen LogP contribution in [0.5, 0.6) is 5.75 Å². The lowest BCUT2D eigenvalue weighted by atomic mass is 9.56. The molecule has 0 unspecified atom stereocenters. The van der Waals surface area contributed by atoms with Gasteiger partial charge in [-0.3, -0.25) is 4.79 Å². The molecular formula is C21H24O2. The second kappa shape index (κ2) is 5.67. The molecule has 0 heterocycles. The number of carbonyl (C=O) groups excluding carboxylic acids is 1. The summed E-state index contributed by atoms with van der Waals surface area (Å²) in [6, 6.07) is 11.3. The third kappa shape index (κ3) is 2.27. The van der Waals surface area contributed by atoms with Crippen LogP contribution < -0.4 is 0 Å². The van der Waals surface area contributed by atoms with Crippen molar-refractivity contribution >= 4 is 16.6 Å². The topological polar surface area (TPSA) is 37.3 Å². The molecule has 23 heavy (non-hydrogen) atoms. The van der Waals surface area contributed by atoms with E-state index in [0.29, 0.717) is 11.7 Å². The zero-order chi connectivity index (χ0) is 15.9. The third-order valence-corrected chi connectivity index (χ3v) is 6.23. The molecule has 0 radical (unpaired) electrons. The van der Waals surface area contributed by atoms with Crippen molar-refractivity contribution in [3.05, 3.63) is 42.0 Å². The van der Waals surface area contributed by atoms with Crippen molar-refractivity contribution in [3.63, 3.8) is 0 Å². The highest BCUT2D eigenvalue weighted by Gasteiger charge is 2.48. The molecule has 0 spiro atoms. The highest BCUT2D eigenvalue weighted by atomic mass is 16.3. The summed E-state index contributed by atoms with van der Waals surface area (Å²) in [6.07, 6.45) is 9.42. The van der Waals surface area contributed by atoms with Gasteiger partial charge in [-0.05, 0) is 43.1 Å². The van der Waals surface area contributed by atoms with E-state index in [4.69, 9.17) is 0 Å². The summed E-state index contributed by atoms with van der Waals surface area (Å²) >= 11 is 0. The number of hydrogen-bond donors (Lipinski definition) is 1. The molecule has 2 nitrogen and oxygen atoms in total. The number of carbonyl (C=O) groups is 1. The maximum atomic E-state index is 13.6. The fourth-order valence-electron chi connectivity index (χ4n) is 5.06. The molecule has 0 aliphatic heterocycles. The van der Waals surface area contributed by atoms with Gasteiger partial charge in [-0.1, -0.05) is 56.0 Å². The van der Waals surface area contributed by atoms with Crippen LogP contribution in [0.2, 0.25) is 0 Å². The Morgan fingerprint density at radius 1 is 0.913 bits per heavy atom. The number of fused-ring (bicyclic) bond motifs is 2. The lowest BCUT2D eigenvalue weighted by Gasteiger charge is -2.46. The van der Waals surface area contributed by atoms with Gasteiger partial charge in [-0.2, -0.15) is 0 Å². The van der Waals surface area contributed by atoms with Crippen LogP contribution >= 0.6 is 0 Å². The zero-order valence-electron chi connectivity index (χ0n) is 13.6. The number of ketones is 1. The van der Waals surface area contributed by atoms with E-state index in [1.165, 1.54) is 38.5 Å². The van der Waals surface area contributed by atoms with E-state index in [9.17, 15) is 9.90 Å². The number of rotatable bonds is 2. The number of phenolic OH excluding ortho intramolecular Hbond substituents is 1. The van der Waals surface area contributed by atoms with Gasteiger partial charge in [-0.25, -0.2) is 0 Å². The summed E-state index contributed by atoms with van der Waals surface area (Å²) in [4.78, 5) is 13.6. The van der Waals surface area contributed by atoms with Gasteiger partial charge in [0.05, 0.1) is 0 Å². The molecule has 2 saturated carbocycles. The molecule has 2 aromatic carbocycles. The van der Waals surface area contributed by atoms with Crippen LogP contribution in [-0.2, 0) is 0 Å². The van der Waals surface area contributed by atoms with E-state index >= 15 is 0 Å². The van der Waals surface area contributed by atoms with Crippen LogP contribution in [0.4, 0.5) is 0 Å². The van der Waals surface area contributed by atoms with Crippen molar-refractivity contribution in [2.45, 2.75) is 51.4 Å². The second-order valence-electron chi connectivity index (χ2n) is 7.35. The van der Waals surface area contributed by atoms with Crippen LogP contribution in [0.25, 0.3) is 10.8 Å². The molecule has 4 rings (SSSR count). The predicted octanol–water partition coefficient (Wildman–Crippen LogP) is 5.48. The van der Waals surface area contributed by atoms with Crippen LogP contribution in [-0.4, -0.2) is 10.9 Å². The van der Waals surface area contributed by atoms with Crippen molar-refractivity contribution in [2.75, 3.05) is 0 Å². The minimum absolute atomic E-state index is 0.143. The first-order chi connectivity index (χ1) is 11.2. The minimum Gasteiger partial charge on any atom is -0.507 e. The lowest BCUT2D eigenvalue weighted by Crippen LogP contribution is -2.43. The van der Waals surface area contributed by atoms with E-state index in [2.05, 4.69) is 0 Å². The van der Waals surface area contributed by atoms with Crippen LogP contribution in [0, 0.1) is 11.3 Å². The van der Waals surface area contributed by atoms with Crippen molar-refractivity contribution < 1.29 is 9.90 Å². The largest absolute Gasteiger partial charge is 0.507 e. The maximum absolute atomic E-state index is 13.6. The van der Waals surface area contributed by atoms with Gasteiger partial charge in [0.2, 0.25) is 0 Å². The van der Waals surface area contributed by atoms with Gasteiger partial charge >= 0.3 is 0 Å².